The third kappa shape index (κ3) is 4.91. The molecule has 0 radical (unpaired) electrons. The van der Waals surface area contributed by atoms with E-state index in [-0.39, 0.29) is 10.5 Å². The molecule has 6 nitrogen and oxygen atoms in total. The van der Waals surface area contributed by atoms with Crippen molar-refractivity contribution in [1.29, 1.82) is 0 Å². The molecule has 2 heterocycles. The van der Waals surface area contributed by atoms with Gasteiger partial charge in [0, 0.05) is 37.4 Å². The summed E-state index contributed by atoms with van der Waals surface area (Å²) in [5.41, 5.74) is 1.22. The maximum Gasteiger partial charge on any atom is 0.255 e. The molecule has 1 N–H and O–H groups in total. The molecule has 0 unspecified atom stereocenters. The first-order valence-electron chi connectivity index (χ1n) is 10.9. The summed E-state index contributed by atoms with van der Waals surface area (Å²) in [5.74, 6) is -0.919. The summed E-state index contributed by atoms with van der Waals surface area (Å²) in [7, 11) is -3.73. The van der Waals surface area contributed by atoms with Crippen molar-refractivity contribution in [2.24, 2.45) is 0 Å². The van der Waals surface area contributed by atoms with Crippen LogP contribution in [0.1, 0.15) is 48.9 Å². The molecule has 1 amide bonds. The first kappa shape index (κ1) is 21.8. The van der Waals surface area contributed by atoms with Gasteiger partial charge in [-0.3, -0.25) is 4.79 Å². The Labute approximate surface area is 183 Å². The van der Waals surface area contributed by atoms with Crippen LogP contribution in [0.15, 0.2) is 47.4 Å². The molecule has 8 heteroatoms. The second kappa shape index (κ2) is 9.36. The number of piperidine rings is 2. The van der Waals surface area contributed by atoms with Gasteiger partial charge in [-0.2, -0.15) is 4.31 Å². The number of halogens is 1. The molecular formula is C23H28FN3O3S. The SMILES string of the molecule is O=C(Nc1cccc(F)c1)c1ccc(N2CCCCC2)c(S(=O)(=O)N2CCCCC2)c1. The number of nitrogens with one attached hydrogen (secondary N) is 1. The lowest BCUT2D eigenvalue weighted by Gasteiger charge is -2.33. The molecule has 0 bridgehead atoms. The maximum absolute atomic E-state index is 13.5. The van der Waals surface area contributed by atoms with Crippen molar-refractivity contribution < 1.29 is 17.6 Å². The fraction of sp³-hybridized carbons (Fsp3) is 0.435. The van der Waals surface area contributed by atoms with Crippen molar-refractivity contribution >= 4 is 27.3 Å². The zero-order valence-electron chi connectivity index (χ0n) is 17.5. The van der Waals surface area contributed by atoms with Crippen LogP contribution in [0, 0.1) is 5.82 Å². The fourth-order valence-corrected chi connectivity index (χ4v) is 6.03. The second-order valence-electron chi connectivity index (χ2n) is 8.16. The van der Waals surface area contributed by atoms with E-state index in [9.17, 15) is 17.6 Å². The quantitative estimate of drug-likeness (QED) is 0.747. The van der Waals surface area contributed by atoms with Crippen molar-refractivity contribution in [3.05, 3.63) is 53.8 Å². The Hall–Kier alpha value is -2.45. The molecule has 0 aliphatic carbocycles. The van der Waals surface area contributed by atoms with Crippen LogP contribution in [0.5, 0.6) is 0 Å². The molecular weight excluding hydrogens is 417 g/mol. The number of rotatable bonds is 5. The molecule has 2 aromatic carbocycles. The van der Waals surface area contributed by atoms with Gasteiger partial charge in [0.05, 0.1) is 5.69 Å². The summed E-state index contributed by atoms with van der Waals surface area (Å²) in [6.07, 6.45) is 5.89. The molecule has 2 fully saturated rings. The van der Waals surface area contributed by atoms with Crippen molar-refractivity contribution in [1.82, 2.24) is 4.31 Å². The van der Waals surface area contributed by atoms with Crippen LogP contribution >= 0.6 is 0 Å². The van der Waals surface area contributed by atoms with E-state index in [2.05, 4.69) is 10.2 Å². The molecule has 4 rings (SSSR count). The standard InChI is InChI=1S/C23H28FN3O3S/c24-19-8-7-9-20(17-19)25-23(28)18-10-11-21(26-12-3-1-4-13-26)22(16-18)31(29,30)27-14-5-2-6-15-27/h7-11,16-17H,1-6,12-15H2,(H,25,28). The Balaban J connectivity index is 1.69. The molecule has 0 aromatic heterocycles. The Morgan fingerprint density at radius 2 is 1.55 bits per heavy atom. The predicted molar refractivity (Wildman–Crippen MR) is 119 cm³/mol. The summed E-state index contributed by atoms with van der Waals surface area (Å²) < 4.78 is 42.1. The van der Waals surface area contributed by atoms with Gasteiger partial charge in [0.2, 0.25) is 10.0 Å². The Morgan fingerprint density at radius 3 is 2.23 bits per heavy atom. The maximum atomic E-state index is 13.5. The zero-order valence-corrected chi connectivity index (χ0v) is 18.3. The lowest BCUT2D eigenvalue weighted by atomic mass is 10.1. The molecule has 0 atom stereocenters. The van der Waals surface area contributed by atoms with Crippen LogP contribution in [0.25, 0.3) is 0 Å². The van der Waals surface area contributed by atoms with Crippen LogP contribution in [0.2, 0.25) is 0 Å². The van der Waals surface area contributed by atoms with Crippen molar-refractivity contribution in [2.45, 2.75) is 43.4 Å². The van der Waals surface area contributed by atoms with E-state index in [4.69, 9.17) is 0 Å². The van der Waals surface area contributed by atoms with Crippen LogP contribution in [0.4, 0.5) is 15.8 Å². The number of hydrogen-bond donors (Lipinski definition) is 1. The molecule has 2 saturated heterocycles. The summed E-state index contributed by atoms with van der Waals surface area (Å²) in [4.78, 5) is 15.1. The average molecular weight is 446 g/mol. The van der Waals surface area contributed by atoms with E-state index >= 15 is 0 Å². The number of benzene rings is 2. The zero-order chi connectivity index (χ0) is 21.8. The molecule has 31 heavy (non-hydrogen) atoms. The van der Waals surface area contributed by atoms with E-state index in [0.717, 1.165) is 51.6 Å². The normalized spacial score (nSPS) is 18.0. The van der Waals surface area contributed by atoms with Crippen LogP contribution in [0.3, 0.4) is 0 Å². The first-order chi connectivity index (χ1) is 14.9. The third-order valence-corrected chi connectivity index (χ3v) is 7.86. The van der Waals surface area contributed by atoms with Crippen molar-refractivity contribution in [2.75, 3.05) is 36.4 Å². The van der Waals surface area contributed by atoms with Gasteiger partial charge >= 0.3 is 0 Å². The predicted octanol–water partition coefficient (Wildman–Crippen LogP) is 4.24. The minimum absolute atomic E-state index is 0.184. The highest BCUT2D eigenvalue weighted by molar-refractivity contribution is 7.89. The fourth-order valence-electron chi connectivity index (χ4n) is 4.27. The molecule has 2 aromatic rings. The van der Waals surface area contributed by atoms with E-state index in [0.29, 0.717) is 24.5 Å². The number of carbonyl (C=O) groups is 1. The van der Waals surface area contributed by atoms with Gasteiger partial charge in [-0.15, -0.1) is 0 Å². The van der Waals surface area contributed by atoms with Crippen molar-refractivity contribution in [3.63, 3.8) is 0 Å². The van der Waals surface area contributed by atoms with Gasteiger partial charge in [0.25, 0.3) is 5.91 Å². The molecule has 2 aliphatic heterocycles. The minimum Gasteiger partial charge on any atom is -0.370 e. The third-order valence-electron chi connectivity index (χ3n) is 5.93. The van der Waals surface area contributed by atoms with Crippen LogP contribution in [-0.4, -0.2) is 44.8 Å². The number of hydrogen-bond acceptors (Lipinski definition) is 4. The lowest BCUT2D eigenvalue weighted by Crippen LogP contribution is -2.37. The van der Waals surface area contributed by atoms with Gasteiger partial charge in [0.15, 0.2) is 0 Å². The number of anilines is 2. The lowest BCUT2D eigenvalue weighted by molar-refractivity contribution is 0.102. The largest absolute Gasteiger partial charge is 0.370 e. The minimum atomic E-state index is -3.73. The van der Waals surface area contributed by atoms with Crippen LogP contribution in [-0.2, 0) is 10.0 Å². The van der Waals surface area contributed by atoms with E-state index in [1.807, 2.05) is 0 Å². The summed E-state index contributed by atoms with van der Waals surface area (Å²) in [5, 5.41) is 2.66. The average Bonchev–Trinajstić information content (AvgIpc) is 2.80. The Morgan fingerprint density at radius 1 is 0.871 bits per heavy atom. The summed E-state index contributed by atoms with van der Waals surface area (Å²) in [6, 6.07) is 10.5. The number of nitrogens with zero attached hydrogens (tertiary/aromatic N) is 2. The smallest absolute Gasteiger partial charge is 0.255 e. The highest BCUT2D eigenvalue weighted by atomic mass is 32.2. The number of carbonyl (C=O) groups excluding carboxylic acids is 1. The number of sulfonamides is 1. The summed E-state index contributed by atoms with van der Waals surface area (Å²) >= 11 is 0. The van der Waals surface area contributed by atoms with Gasteiger partial charge in [-0.25, -0.2) is 12.8 Å². The molecule has 166 valence electrons. The molecule has 0 spiro atoms. The van der Waals surface area contributed by atoms with Gasteiger partial charge in [-0.1, -0.05) is 12.5 Å². The Bertz CT molecular complexity index is 1050. The molecule has 2 aliphatic rings. The second-order valence-corrected chi connectivity index (χ2v) is 10.1. The van der Waals surface area contributed by atoms with Crippen LogP contribution < -0.4 is 10.2 Å². The van der Waals surface area contributed by atoms with Gasteiger partial charge in [0.1, 0.15) is 10.7 Å². The topological polar surface area (TPSA) is 69.7 Å². The molecule has 0 saturated carbocycles. The highest BCUT2D eigenvalue weighted by Gasteiger charge is 2.31. The van der Waals surface area contributed by atoms with E-state index in [1.165, 1.54) is 28.6 Å². The monoisotopic (exact) mass is 445 g/mol. The summed E-state index contributed by atoms with van der Waals surface area (Å²) in [6.45, 7) is 2.61. The van der Waals surface area contributed by atoms with Gasteiger partial charge in [-0.05, 0) is 68.5 Å². The van der Waals surface area contributed by atoms with E-state index in [1.54, 1.807) is 18.2 Å². The highest BCUT2D eigenvalue weighted by Crippen LogP contribution is 2.32. The van der Waals surface area contributed by atoms with E-state index < -0.39 is 21.7 Å². The first-order valence-corrected chi connectivity index (χ1v) is 12.4. The van der Waals surface area contributed by atoms with Gasteiger partial charge < -0.3 is 10.2 Å². The van der Waals surface area contributed by atoms with Crippen molar-refractivity contribution in [3.8, 4) is 0 Å². The Kier molecular flexibility index (Phi) is 6.57. The number of amides is 1.